The van der Waals surface area contributed by atoms with E-state index in [9.17, 15) is 29.4 Å². The van der Waals surface area contributed by atoms with E-state index >= 15 is 0 Å². The number of amides is 2. The number of hydrogen-bond acceptors (Lipinski definition) is 7. The summed E-state index contributed by atoms with van der Waals surface area (Å²) in [5.41, 5.74) is 2.61. The van der Waals surface area contributed by atoms with Crippen LogP contribution >= 0.6 is 11.3 Å². The van der Waals surface area contributed by atoms with Gasteiger partial charge in [0.1, 0.15) is 10.8 Å². The fourth-order valence-electron chi connectivity index (χ4n) is 3.88. The Labute approximate surface area is 203 Å². The van der Waals surface area contributed by atoms with Crippen LogP contribution in [0.5, 0.6) is 5.75 Å². The number of carbonyl (C=O) groups is 4. The second kappa shape index (κ2) is 9.95. The number of hydrogen-bond donors (Lipinski definition) is 6. The zero-order valence-electron chi connectivity index (χ0n) is 18.2. The number of thiophene rings is 1. The molecule has 35 heavy (non-hydrogen) atoms. The fourth-order valence-corrected chi connectivity index (χ4v) is 5.19. The lowest BCUT2D eigenvalue weighted by molar-refractivity contribution is -0.147. The van der Waals surface area contributed by atoms with Crippen molar-refractivity contribution in [1.82, 2.24) is 10.6 Å². The number of aromatic carboxylic acids is 1. The molecule has 0 aliphatic carbocycles. The average Bonchev–Trinajstić information content (AvgIpc) is 3.21. The van der Waals surface area contributed by atoms with Crippen molar-refractivity contribution in [2.45, 2.75) is 12.5 Å². The molecule has 2 aromatic carbocycles. The van der Waals surface area contributed by atoms with Crippen LogP contribution < -0.4 is 16.0 Å². The smallest absolute Gasteiger partial charge is 0.394 e. The number of phenolic OH excluding ortho intramolecular Hbond substituents is 1. The van der Waals surface area contributed by atoms with Gasteiger partial charge in [0.05, 0.1) is 11.6 Å². The Kier molecular flexibility index (Phi) is 6.80. The number of carboxylic acids is 2. The average molecular weight is 496 g/mol. The molecule has 2 amide bonds. The number of phenols is 1. The van der Waals surface area contributed by atoms with E-state index in [-0.39, 0.29) is 28.8 Å². The minimum Gasteiger partial charge on any atom is -0.508 e. The van der Waals surface area contributed by atoms with E-state index in [1.54, 1.807) is 48.5 Å². The molecular weight excluding hydrogens is 474 g/mol. The molecule has 10 nitrogen and oxygen atoms in total. The maximum Gasteiger partial charge on any atom is 0.394 e. The third-order valence-corrected chi connectivity index (χ3v) is 6.83. The number of anilines is 1. The summed E-state index contributed by atoms with van der Waals surface area (Å²) in [6.45, 7) is 0.621. The molecule has 0 saturated heterocycles. The molecule has 4 rings (SSSR count). The van der Waals surface area contributed by atoms with Crippen LogP contribution in [0.4, 0.5) is 5.00 Å². The molecule has 1 aromatic heterocycles. The highest BCUT2D eigenvalue weighted by atomic mass is 32.1. The quantitative estimate of drug-likeness (QED) is 0.284. The molecule has 6 N–H and O–H groups in total. The lowest BCUT2D eigenvalue weighted by Gasteiger charge is -2.24. The predicted octanol–water partition coefficient (Wildman–Crippen LogP) is 2.46. The summed E-state index contributed by atoms with van der Waals surface area (Å²) in [5, 5.41) is 36.1. The van der Waals surface area contributed by atoms with E-state index in [2.05, 4.69) is 16.0 Å². The minimum atomic E-state index is -1.72. The number of fused-ring (bicyclic) bond motifs is 1. The Morgan fingerprint density at radius 1 is 0.971 bits per heavy atom. The number of aromatic hydroxyl groups is 1. The summed E-state index contributed by atoms with van der Waals surface area (Å²) >= 11 is 0.984. The van der Waals surface area contributed by atoms with E-state index in [0.29, 0.717) is 29.0 Å². The van der Waals surface area contributed by atoms with Gasteiger partial charge in [0.25, 0.3) is 5.91 Å². The topological polar surface area (TPSA) is 165 Å². The number of aliphatic carboxylic acids is 1. The van der Waals surface area contributed by atoms with E-state index in [4.69, 9.17) is 5.11 Å². The van der Waals surface area contributed by atoms with Crippen molar-refractivity contribution < 1.29 is 34.5 Å². The highest BCUT2D eigenvalue weighted by molar-refractivity contribution is 7.17. The minimum absolute atomic E-state index is 0.0419. The van der Waals surface area contributed by atoms with Crippen LogP contribution in [-0.4, -0.2) is 52.2 Å². The van der Waals surface area contributed by atoms with Gasteiger partial charge in [0, 0.05) is 17.0 Å². The third-order valence-electron chi connectivity index (χ3n) is 5.57. The van der Waals surface area contributed by atoms with Crippen molar-refractivity contribution >= 4 is 40.1 Å². The Balaban J connectivity index is 1.47. The molecule has 11 heteroatoms. The van der Waals surface area contributed by atoms with Crippen molar-refractivity contribution in [1.29, 1.82) is 0 Å². The van der Waals surface area contributed by atoms with Crippen molar-refractivity contribution in [3.8, 4) is 16.9 Å². The molecule has 0 bridgehead atoms. The molecule has 2 heterocycles. The van der Waals surface area contributed by atoms with E-state index < -0.39 is 23.9 Å². The molecule has 0 radical (unpaired) electrons. The van der Waals surface area contributed by atoms with Crippen LogP contribution in [0.25, 0.3) is 11.1 Å². The first-order valence-electron chi connectivity index (χ1n) is 10.6. The van der Waals surface area contributed by atoms with Gasteiger partial charge in [0.2, 0.25) is 0 Å². The van der Waals surface area contributed by atoms with Crippen molar-refractivity contribution in [3.05, 3.63) is 70.1 Å². The summed E-state index contributed by atoms with van der Waals surface area (Å²) in [6.07, 6.45) is 0.388. The molecule has 1 aliphatic heterocycles. The molecule has 0 saturated carbocycles. The van der Waals surface area contributed by atoms with Crippen LogP contribution in [0.15, 0.2) is 48.5 Å². The zero-order valence-corrected chi connectivity index (χ0v) is 19.0. The Morgan fingerprint density at radius 3 is 2.20 bits per heavy atom. The van der Waals surface area contributed by atoms with Gasteiger partial charge in [0.15, 0.2) is 0 Å². The second-order valence-electron chi connectivity index (χ2n) is 7.80. The normalized spacial score (nSPS) is 14.6. The second-order valence-corrected chi connectivity index (χ2v) is 8.86. The summed E-state index contributed by atoms with van der Waals surface area (Å²) in [4.78, 5) is 47.6. The maximum absolute atomic E-state index is 12.7. The van der Waals surface area contributed by atoms with E-state index in [1.807, 2.05) is 0 Å². The van der Waals surface area contributed by atoms with Crippen LogP contribution in [0.1, 0.15) is 37.2 Å². The first-order valence-corrected chi connectivity index (χ1v) is 11.4. The summed E-state index contributed by atoms with van der Waals surface area (Å²) in [6, 6.07) is 13.3. The van der Waals surface area contributed by atoms with Gasteiger partial charge >= 0.3 is 17.8 Å². The molecule has 1 unspecified atom stereocenters. The van der Waals surface area contributed by atoms with Crippen molar-refractivity contribution in [3.63, 3.8) is 0 Å². The molecule has 0 spiro atoms. The molecule has 0 fully saturated rings. The van der Waals surface area contributed by atoms with Crippen molar-refractivity contribution in [2.24, 2.45) is 0 Å². The largest absolute Gasteiger partial charge is 0.508 e. The van der Waals surface area contributed by atoms with Crippen LogP contribution in [-0.2, 0) is 16.0 Å². The summed E-state index contributed by atoms with van der Waals surface area (Å²) in [7, 11) is 0. The fraction of sp³-hybridized carbons (Fsp3) is 0.167. The van der Waals surface area contributed by atoms with E-state index in [0.717, 1.165) is 22.5 Å². The van der Waals surface area contributed by atoms with Gasteiger partial charge in [-0.1, -0.05) is 24.3 Å². The SMILES string of the molecule is O=C(O)C(=O)Nc1sc2c(c1C(=O)O)CCNC2CNC(=O)c1ccc(-c2ccc(O)cc2)cc1. The van der Waals surface area contributed by atoms with Gasteiger partial charge in [-0.25, -0.2) is 9.59 Å². The van der Waals surface area contributed by atoms with Crippen LogP contribution in [0.2, 0.25) is 0 Å². The first-order chi connectivity index (χ1) is 16.7. The summed E-state index contributed by atoms with van der Waals surface area (Å²) in [5.74, 6) is -4.44. The van der Waals surface area contributed by atoms with Gasteiger partial charge in [-0.05, 0) is 53.9 Å². The van der Waals surface area contributed by atoms with E-state index in [1.165, 1.54) is 0 Å². The zero-order chi connectivity index (χ0) is 25.1. The molecule has 1 aliphatic rings. The molecule has 180 valence electrons. The number of carbonyl (C=O) groups excluding carboxylic acids is 2. The third kappa shape index (κ3) is 5.15. The van der Waals surface area contributed by atoms with Crippen molar-refractivity contribution in [2.75, 3.05) is 18.4 Å². The van der Waals surface area contributed by atoms with Gasteiger partial charge in [-0.3, -0.25) is 9.59 Å². The first kappa shape index (κ1) is 23.9. The highest BCUT2D eigenvalue weighted by Gasteiger charge is 2.31. The number of rotatable bonds is 6. The highest BCUT2D eigenvalue weighted by Crippen LogP contribution is 2.39. The van der Waals surface area contributed by atoms with Gasteiger partial charge in [-0.15, -0.1) is 11.3 Å². The Bertz CT molecular complexity index is 1300. The standard InChI is InChI=1S/C24H21N3O7S/c28-15-7-5-13(6-8-15)12-1-3-14(4-2-12)20(29)26-11-17-19-16(9-10-25-17)18(23(31)32)22(35-19)27-21(30)24(33)34/h1-8,17,25,28H,9-11H2,(H,26,29)(H,27,30)(H,31,32)(H,33,34). The Morgan fingerprint density at radius 2 is 1.60 bits per heavy atom. The predicted molar refractivity (Wildman–Crippen MR) is 128 cm³/mol. The number of benzene rings is 2. The van der Waals surface area contributed by atoms with Gasteiger partial charge < -0.3 is 31.3 Å². The molecular formula is C24H21N3O7S. The van der Waals surface area contributed by atoms with Crippen LogP contribution in [0, 0.1) is 0 Å². The monoisotopic (exact) mass is 495 g/mol. The summed E-state index contributed by atoms with van der Waals surface area (Å²) < 4.78 is 0. The van der Waals surface area contributed by atoms with Gasteiger partial charge in [-0.2, -0.15) is 0 Å². The molecule has 3 aromatic rings. The number of nitrogens with one attached hydrogen (secondary N) is 3. The lowest BCUT2D eigenvalue weighted by Crippen LogP contribution is -2.38. The Hall–Kier alpha value is -4.22. The lowest BCUT2D eigenvalue weighted by atomic mass is 9.99. The number of carboxylic acid groups (broad SMARTS) is 2. The molecule has 1 atom stereocenters. The maximum atomic E-state index is 12.7. The van der Waals surface area contributed by atoms with Crippen LogP contribution in [0.3, 0.4) is 0 Å².